The summed E-state index contributed by atoms with van der Waals surface area (Å²) in [4.78, 5) is 16.8. The molecule has 0 aromatic heterocycles. The summed E-state index contributed by atoms with van der Waals surface area (Å²) in [5.74, 6) is -0.291. The predicted octanol–water partition coefficient (Wildman–Crippen LogP) is 1.01. The van der Waals surface area contributed by atoms with E-state index in [9.17, 15) is 9.18 Å². The number of carbonyl (C=O) groups excluding carboxylic acids is 1. The Labute approximate surface area is 99.8 Å². The van der Waals surface area contributed by atoms with Gasteiger partial charge in [-0.1, -0.05) is 12.1 Å². The maximum absolute atomic E-state index is 13.1. The summed E-state index contributed by atoms with van der Waals surface area (Å²) in [7, 11) is 0. The van der Waals surface area contributed by atoms with Gasteiger partial charge in [0.1, 0.15) is 5.82 Å². The van der Waals surface area contributed by atoms with Gasteiger partial charge in [0, 0.05) is 38.3 Å². The van der Waals surface area contributed by atoms with E-state index in [2.05, 4.69) is 9.80 Å². The smallest absolute Gasteiger partial charge is 0.181 e. The quantitative estimate of drug-likeness (QED) is 0.713. The number of rotatable bonds is 2. The lowest BCUT2D eigenvalue weighted by Crippen LogP contribution is -2.63. The number of halogens is 1. The van der Waals surface area contributed by atoms with Crippen LogP contribution < -0.4 is 0 Å². The molecule has 4 heteroatoms. The molecule has 3 nitrogen and oxygen atoms in total. The summed E-state index contributed by atoms with van der Waals surface area (Å²) in [5.41, 5.74) is 0.490. The summed E-state index contributed by atoms with van der Waals surface area (Å²) in [6.45, 7) is 4.78. The third-order valence-corrected chi connectivity index (χ3v) is 3.69. The first kappa shape index (κ1) is 10.9. The number of hydrogen-bond donors (Lipinski definition) is 0. The molecule has 0 spiro atoms. The molecule has 17 heavy (non-hydrogen) atoms. The normalized spacial score (nSPS) is 31.5. The van der Waals surface area contributed by atoms with Gasteiger partial charge in [0.2, 0.25) is 0 Å². The van der Waals surface area contributed by atoms with Gasteiger partial charge in [-0.3, -0.25) is 14.6 Å². The highest BCUT2D eigenvalue weighted by molar-refractivity contribution is 6.00. The number of hydrogen-bond acceptors (Lipinski definition) is 3. The van der Waals surface area contributed by atoms with E-state index < -0.39 is 0 Å². The zero-order valence-corrected chi connectivity index (χ0v) is 9.60. The second kappa shape index (κ2) is 4.20. The molecule has 0 aliphatic carbocycles. The fourth-order valence-electron chi connectivity index (χ4n) is 2.70. The molecule has 3 aliphatic rings. The summed E-state index contributed by atoms with van der Waals surface area (Å²) in [6, 6.07) is 5.91. The molecule has 3 fully saturated rings. The molecule has 3 aliphatic heterocycles. The Morgan fingerprint density at radius 1 is 1.24 bits per heavy atom. The SMILES string of the molecule is O=C(c1cccc(F)c1)C1CN2CCN1CC2. The van der Waals surface area contributed by atoms with E-state index in [4.69, 9.17) is 0 Å². The molecule has 0 saturated carbocycles. The Bertz CT molecular complexity index is 441. The zero-order chi connectivity index (χ0) is 11.8. The van der Waals surface area contributed by atoms with Crippen molar-refractivity contribution in [2.45, 2.75) is 6.04 Å². The van der Waals surface area contributed by atoms with Crippen LogP contribution in [0.2, 0.25) is 0 Å². The molecule has 1 unspecified atom stereocenters. The van der Waals surface area contributed by atoms with Gasteiger partial charge in [-0.15, -0.1) is 0 Å². The fourth-order valence-corrected chi connectivity index (χ4v) is 2.70. The minimum absolute atomic E-state index is 0.0499. The summed E-state index contributed by atoms with van der Waals surface area (Å²) in [6.07, 6.45) is 0. The van der Waals surface area contributed by atoms with E-state index in [1.807, 2.05) is 0 Å². The number of piperazine rings is 3. The van der Waals surface area contributed by atoms with Gasteiger partial charge in [0.25, 0.3) is 0 Å². The van der Waals surface area contributed by atoms with E-state index in [1.54, 1.807) is 12.1 Å². The first-order valence-corrected chi connectivity index (χ1v) is 6.00. The molecule has 1 atom stereocenters. The zero-order valence-electron chi connectivity index (χ0n) is 9.60. The van der Waals surface area contributed by atoms with Crippen LogP contribution in [0.5, 0.6) is 0 Å². The van der Waals surface area contributed by atoms with Crippen molar-refractivity contribution in [3.8, 4) is 0 Å². The Morgan fingerprint density at radius 2 is 2.00 bits per heavy atom. The predicted molar refractivity (Wildman–Crippen MR) is 62.5 cm³/mol. The third-order valence-electron chi connectivity index (χ3n) is 3.69. The highest BCUT2D eigenvalue weighted by Gasteiger charge is 2.36. The van der Waals surface area contributed by atoms with Gasteiger partial charge < -0.3 is 0 Å². The molecule has 90 valence electrons. The van der Waals surface area contributed by atoms with E-state index in [-0.39, 0.29) is 17.6 Å². The molecule has 3 heterocycles. The van der Waals surface area contributed by atoms with Crippen molar-refractivity contribution < 1.29 is 9.18 Å². The van der Waals surface area contributed by atoms with Crippen molar-refractivity contribution in [1.82, 2.24) is 9.80 Å². The lowest BCUT2D eigenvalue weighted by Gasteiger charge is -2.46. The number of ketones is 1. The van der Waals surface area contributed by atoms with E-state index in [0.29, 0.717) is 5.56 Å². The van der Waals surface area contributed by atoms with Crippen LogP contribution in [0.25, 0.3) is 0 Å². The first-order valence-electron chi connectivity index (χ1n) is 6.00. The third kappa shape index (κ3) is 1.98. The van der Waals surface area contributed by atoms with Crippen LogP contribution in [0.3, 0.4) is 0 Å². The van der Waals surface area contributed by atoms with Crippen LogP contribution in [0.15, 0.2) is 24.3 Å². The van der Waals surface area contributed by atoms with E-state index >= 15 is 0 Å². The second-order valence-electron chi connectivity index (χ2n) is 4.73. The van der Waals surface area contributed by atoms with Gasteiger partial charge in [-0.25, -0.2) is 4.39 Å². The van der Waals surface area contributed by atoms with Gasteiger partial charge in [0.15, 0.2) is 5.78 Å². The average Bonchev–Trinajstić information content (AvgIpc) is 2.39. The number of nitrogens with zero attached hydrogens (tertiary/aromatic N) is 2. The maximum atomic E-state index is 13.1. The fraction of sp³-hybridized carbons (Fsp3) is 0.462. The number of carbonyl (C=O) groups is 1. The van der Waals surface area contributed by atoms with Crippen molar-refractivity contribution >= 4 is 5.78 Å². The highest BCUT2D eigenvalue weighted by Crippen LogP contribution is 2.19. The Morgan fingerprint density at radius 3 is 2.59 bits per heavy atom. The van der Waals surface area contributed by atoms with E-state index in [1.165, 1.54) is 12.1 Å². The van der Waals surface area contributed by atoms with Gasteiger partial charge in [0.05, 0.1) is 6.04 Å². The molecule has 0 radical (unpaired) electrons. The van der Waals surface area contributed by atoms with Crippen molar-refractivity contribution in [1.29, 1.82) is 0 Å². The molecule has 0 N–H and O–H groups in total. The van der Waals surface area contributed by atoms with Gasteiger partial charge in [-0.05, 0) is 12.1 Å². The highest BCUT2D eigenvalue weighted by atomic mass is 19.1. The Hall–Kier alpha value is -1.26. The number of Topliss-reactive ketones (excluding diaryl/α,β-unsaturated/α-hetero) is 1. The molecule has 1 aromatic rings. The second-order valence-corrected chi connectivity index (χ2v) is 4.73. The summed E-state index contributed by atoms with van der Waals surface area (Å²) in [5, 5.41) is 0. The van der Waals surface area contributed by atoms with Crippen LogP contribution in [-0.4, -0.2) is 54.3 Å². The topological polar surface area (TPSA) is 23.6 Å². The molecule has 4 rings (SSSR count). The van der Waals surface area contributed by atoms with Crippen LogP contribution in [0.4, 0.5) is 4.39 Å². The van der Waals surface area contributed by atoms with E-state index in [0.717, 1.165) is 32.7 Å². The van der Waals surface area contributed by atoms with Crippen molar-refractivity contribution in [2.75, 3.05) is 32.7 Å². The first-order chi connectivity index (χ1) is 8.24. The van der Waals surface area contributed by atoms with Crippen LogP contribution in [0, 0.1) is 5.82 Å². The minimum atomic E-state index is -0.341. The molecular formula is C13H15FN2O. The molecule has 0 amide bonds. The van der Waals surface area contributed by atoms with Gasteiger partial charge >= 0.3 is 0 Å². The summed E-state index contributed by atoms with van der Waals surface area (Å²) < 4.78 is 13.1. The molecule has 3 saturated heterocycles. The van der Waals surface area contributed by atoms with Crippen LogP contribution in [0.1, 0.15) is 10.4 Å². The van der Waals surface area contributed by atoms with Crippen molar-refractivity contribution in [3.05, 3.63) is 35.6 Å². The Kier molecular flexibility index (Phi) is 2.68. The van der Waals surface area contributed by atoms with Crippen LogP contribution >= 0.6 is 0 Å². The van der Waals surface area contributed by atoms with Crippen molar-refractivity contribution in [3.63, 3.8) is 0 Å². The molecule has 2 bridgehead atoms. The molecular weight excluding hydrogens is 219 g/mol. The standard InChI is InChI=1S/C13H15FN2O/c14-11-3-1-2-10(8-11)13(17)12-9-15-4-6-16(12)7-5-15/h1-3,8,12H,4-7,9H2. The lowest BCUT2D eigenvalue weighted by atomic mass is 9.98. The number of fused-ring (bicyclic) bond motifs is 3. The Balaban J connectivity index is 1.83. The minimum Gasteiger partial charge on any atom is -0.299 e. The molecule has 1 aromatic carbocycles. The largest absolute Gasteiger partial charge is 0.299 e. The average molecular weight is 234 g/mol. The lowest BCUT2D eigenvalue weighted by molar-refractivity contribution is 0.0159. The van der Waals surface area contributed by atoms with Crippen LogP contribution in [-0.2, 0) is 0 Å². The number of benzene rings is 1. The van der Waals surface area contributed by atoms with Gasteiger partial charge in [-0.2, -0.15) is 0 Å². The van der Waals surface area contributed by atoms with Crippen molar-refractivity contribution in [2.24, 2.45) is 0 Å². The monoisotopic (exact) mass is 234 g/mol. The maximum Gasteiger partial charge on any atom is 0.181 e. The summed E-state index contributed by atoms with van der Waals surface area (Å²) >= 11 is 0.